The highest BCUT2D eigenvalue weighted by Gasteiger charge is 2.26. The molecule has 0 atom stereocenters. The molecular weight excluding hydrogens is 841 g/mol. The van der Waals surface area contributed by atoms with Gasteiger partial charge < -0.3 is 13.7 Å². The molecule has 0 aliphatic carbocycles. The zero-order valence-corrected chi connectivity index (χ0v) is 37.3. The molecule has 0 fully saturated rings. The van der Waals surface area contributed by atoms with E-state index in [1.54, 1.807) is 0 Å². The first-order chi connectivity index (χ1) is 34.3. The smallest absolute Gasteiger partial charge is 0.166 e. The third kappa shape index (κ3) is 6.09. The Bertz CT molecular complexity index is 4130. The summed E-state index contributed by atoms with van der Waals surface area (Å²) >= 11 is 0. The summed E-state index contributed by atoms with van der Waals surface area (Å²) < 4.78 is 7.37. The van der Waals surface area contributed by atoms with Crippen LogP contribution in [0.2, 0.25) is 0 Å². The van der Waals surface area contributed by atoms with Crippen molar-refractivity contribution in [2.75, 3.05) is 0 Å². The van der Waals surface area contributed by atoms with E-state index in [1.807, 2.05) is 36.4 Å². The molecule has 14 rings (SSSR count). The molecule has 6 heteroatoms. The van der Waals surface area contributed by atoms with Crippen LogP contribution in [-0.4, -0.2) is 28.7 Å². The summed E-state index contributed by atoms with van der Waals surface area (Å²) in [4.78, 5) is 15.9. The molecule has 0 aliphatic heterocycles. The van der Waals surface area contributed by atoms with Crippen LogP contribution >= 0.6 is 0 Å². The summed E-state index contributed by atoms with van der Waals surface area (Å²) in [6, 6.07) is 86.4. The molecule has 6 nitrogen and oxygen atoms in total. The van der Waals surface area contributed by atoms with Crippen molar-refractivity contribution in [3.05, 3.63) is 243 Å². The van der Waals surface area contributed by atoms with Crippen molar-refractivity contribution in [3.63, 3.8) is 0 Å². The molecule has 0 N–H and O–H groups in total. The van der Waals surface area contributed by atoms with Crippen LogP contribution in [0.5, 0.6) is 0 Å². The van der Waals surface area contributed by atoms with E-state index in [0.717, 1.165) is 88.8 Å². The van der Waals surface area contributed by atoms with E-state index in [1.165, 1.54) is 21.5 Å². The minimum atomic E-state index is 0.582. The minimum Gasteiger partial charge on any atom is -0.309 e. The van der Waals surface area contributed by atoms with Crippen molar-refractivity contribution < 1.29 is 0 Å². The Labute approximate surface area is 397 Å². The maximum atomic E-state index is 5.40. The lowest BCUT2D eigenvalue weighted by atomic mass is 10.0. The Morgan fingerprint density at radius 2 is 0.652 bits per heavy atom. The second-order valence-electron chi connectivity index (χ2n) is 17.6. The fourth-order valence-corrected chi connectivity index (χ4v) is 10.7. The Morgan fingerprint density at radius 1 is 0.246 bits per heavy atom. The number of hydrogen-bond donors (Lipinski definition) is 0. The lowest BCUT2D eigenvalue weighted by Crippen LogP contribution is -2.05. The summed E-state index contributed by atoms with van der Waals surface area (Å²) in [5.74, 6) is 1.80. The maximum Gasteiger partial charge on any atom is 0.166 e. The molecule has 14 aromatic rings. The summed E-state index contributed by atoms with van der Waals surface area (Å²) in [5.41, 5.74) is 14.7. The Kier molecular flexibility index (Phi) is 8.79. The number of benzene rings is 10. The van der Waals surface area contributed by atoms with Crippen molar-refractivity contribution in [1.29, 1.82) is 0 Å². The van der Waals surface area contributed by atoms with Gasteiger partial charge in [0.15, 0.2) is 17.5 Å². The van der Waals surface area contributed by atoms with Gasteiger partial charge in [-0.05, 0) is 65.7 Å². The second kappa shape index (κ2) is 15.6. The highest BCUT2D eigenvalue weighted by Crippen LogP contribution is 2.45. The van der Waals surface area contributed by atoms with Crippen LogP contribution in [0.15, 0.2) is 243 Å². The number of nitrogens with zero attached hydrogens (tertiary/aromatic N) is 6. The van der Waals surface area contributed by atoms with Gasteiger partial charge in [-0.15, -0.1) is 0 Å². The molecule has 69 heavy (non-hydrogen) atoms. The average Bonchev–Trinajstić information content (AvgIpc) is 4.07. The molecule has 4 heterocycles. The van der Waals surface area contributed by atoms with E-state index in [4.69, 9.17) is 15.0 Å². The third-order valence-corrected chi connectivity index (χ3v) is 13.7. The molecule has 4 aromatic heterocycles. The normalized spacial score (nSPS) is 11.8. The van der Waals surface area contributed by atoms with E-state index in [9.17, 15) is 0 Å². The van der Waals surface area contributed by atoms with E-state index >= 15 is 0 Å². The van der Waals surface area contributed by atoms with Gasteiger partial charge >= 0.3 is 0 Å². The largest absolute Gasteiger partial charge is 0.309 e. The standard InChI is InChI=1S/C63H40N6/c1-4-20-41(21-5-1)44-38-39-55(50(40-44)63-65-61(42-22-6-2-7-23-42)64-62(66-63)43-24-8-3-9-25-43)69-57-36-19-35-56(67-51-31-14-10-26-45(51)46-27-11-15-32-52(46)67)59(57)49-30-18-37-58(60(49)69)68-53-33-16-12-28-47(53)48-29-13-17-34-54(48)68/h1-40H. The van der Waals surface area contributed by atoms with Gasteiger partial charge in [-0.3, -0.25) is 0 Å². The van der Waals surface area contributed by atoms with Gasteiger partial charge in [0.25, 0.3) is 0 Å². The minimum absolute atomic E-state index is 0.582. The number of fused-ring (bicyclic) bond motifs is 9. The molecule has 0 amide bonds. The van der Waals surface area contributed by atoms with Crippen molar-refractivity contribution in [1.82, 2.24) is 28.7 Å². The zero-order valence-electron chi connectivity index (χ0n) is 37.3. The molecule has 0 aliphatic rings. The Morgan fingerprint density at radius 3 is 1.19 bits per heavy atom. The van der Waals surface area contributed by atoms with Crippen LogP contribution in [0.3, 0.4) is 0 Å². The second-order valence-corrected chi connectivity index (χ2v) is 17.6. The van der Waals surface area contributed by atoms with Gasteiger partial charge in [0.2, 0.25) is 0 Å². The first-order valence-corrected chi connectivity index (χ1v) is 23.4. The highest BCUT2D eigenvalue weighted by atomic mass is 15.1. The van der Waals surface area contributed by atoms with Gasteiger partial charge in [0.1, 0.15) is 0 Å². The quantitative estimate of drug-likeness (QED) is 0.160. The van der Waals surface area contributed by atoms with Gasteiger partial charge in [-0.25, -0.2) is 15.0 Å². The molecule has 322 valence electrons. The van der Waals surface area contributed by atoms with E-state index in [2.05, 4.69) is 220 Å². The van der Waals surface area contributed by atoms with Crippen molar-refractivity contribution in [3.8, 4) is 62.4 Å². The first kappa shape index (κ1) is 38.8. The first-order valence-electron chi connectivity index (χ1n) is 23.4. The lowest BCUT2D eigenvalue weighted by molar-refractivity contribution is 1.06. The SMILES string of the molecule is c1ccc(-c2ccc(-n3c4cccc(-n5c6ccccc6c6ccccc65)c4c4cccc(-n5c6ccccc6c6ccccc65)c43)c(-c3nc(-c4ccccc4)nc(-c4ccccc4)n3)c2)cc1. The summed E-state index contributed by atoms with van der Waals surface area (Å²) in [6.45, 7) is 0. The Balaban J connectivity index is 1.16. The van der Waals surface area contributed by atoms with Gasteiger partial charge in [0, 0.05) is 49.0 Å². The van der Waals surface area contributed by atoms with Crippen LogP contribution < -0.4 is 0 Å². The monoisotopic (exact) mass is 880 g/mol. The average molecular weight is 881 g/mol. The predicted molar refractivity (Wildman–Crippen MR) is 285 cm³/mol. The molecule has 0 radical (unpaired) electrons. The summed E-state index contributed by atoms with van der Waals surface area (Å²) in [5, 5.41) is 7.13. The molecule has 0 saturated carbocycles. The van der Waals surface area contributed by atoms with E-state index < -0.39 is 0 Å². The van der Waals surface area contributed by atoms with Crippen LogP contribution in [0.4, 0.5) is 0 Å². The molecule has 0 bridgehead atoms. The predicted octanol–water partition coefficient (Wildman–Crippen LogP) is 15.8. The van der Waals surface area contributed by atoms with E-state index in [0.29, 0.717) is 17.5 Å². The van der Waals surface area contributed by atoms with Gasteiger partial charge in [-0.1, -0.05) is 188 Å². The summed E-state index contributed by atoms with van der Waals surface area (Å²) in [7, 11) is 0. The molecule has 10 aromatic carbocycles. The number of para-hydroxylation sites is 5. The lowest BCUT2D eigenvalue weighted by Gasteiger charge is -2.18. The molecular formula is C63H40N6. The molecule has 0 spiro atoms. The van der Waals surface area contributed by atoms with Crippen LogP contribution in [0.25, 0.3) is 128 Å². The van der Waals surface area contributed by atoms with Crippen LogP contribution in [0, 0.1) is 0 Å². The molecule has 0 unspecified atom stereocenters. The maximum absolute atomic E-state index is 5.40. The fourth-order valence-electron chi connectivity index (χ4n) is 10.7. The number of hydrogen-bond acceptors (Lipinski definition) is 3. The van der Waals surface area contributed by atoms with Gasteiger partial charge in [0.05, 0.1) is 50.2 Å². The third-order valence-electron chi connectivity index (χ3n) is 13.7. The number of aromatic nitrogens is 6. The number of rotatable bonds is 7. The zero-order chi connectivity index (χ0) is 45.4. The van der Waals surface area contributed by atoms with Gasteiger partial charge in [-0.2, -0.15) is 0 Å². The van der Waals surface area contributed by atoms with Crippen molar-refractivity contribution >= 4 is 65.4 Å². The Hall–Kier alpha value is -9.39. The van der Waals surface area contributed by atoms with Crippen LogP contribution in [-0.2, 0) is 0 Å². The van der Waals surface area contributed by atoms with E-state index in [-0.39, 0.29) is 0 Å². The molecule has 0 saturated heterocycles. The highest BCUT2D eigenvalue weighted by molar-refractivity contribution is 6.19. The van der Waals surface area contributed by atoms with Crippen molar-refractivity contribution in [2.24, 2.45) is 0 Å². The van der Waals surface area contributed by atoms with Crippen LogP contribution in [0.1, 0.15) is 0 Å². The fraction of sp³-hybridized carbons (Fsp3) is 0. The topological polar surface area (TPSA) is 53.5 Å². The summed E-state index contributed by atoms with van der Waals surface area (Å²) in [6.07, 6.45) is 0. The van der Waals surface area contributed by atoms with Crippen molar-refractivity contribution in [2.45, 2.75) is 0 Å².